The number of carbonyl (C=O) groups excluding carboxylic acids is 2. The van der Waals surface area contributed by atoms with Gasteiger partial charge in [0.15, 0.2) is 0 Å². The van der Waals surface area contributed by atoms with Gasteiger partial charge in [-0.3, -0.25) is 4.79 Å². The summed E-state index contributed by atoms with van der Waals surface area (Å²) in [6, 6.07) is 0. The maximum Gasteiger partial charge on any atom is 0.132 e. The molecule has 0 aliphatic carbocycles. The van der Waals surface area contributed by atoms with Crippen molar-refractivity contribution in [3.8, 4) is 0 Å². The van der Waals surface area contributed by atoms with Crippen molar-refractivity contribution in [3.63, 3.8) is 0 Å². The Morgan fingerprint density at radius 1 is 0.933 bits per heavy atom. The van der Waals surface area contributed by atoms with Crippen molar-refractivity contribution in [1.29, 1.82) is 0 Å². The molecule has 0 saturated carbocycles. The third kappa shape index (κ3) is 11.2. The number of methoxy groups -OCH3 is 1. The van der Waals surface area contributed by atoms with Crippen LogP contribution in [0.15, 0.2) is 0 Å². The lowest BCUT2D eigenvalue weighted by Crippen LogP contribution is -1.99. The average Bonchev–Trinajstić information content (AvgIpc) is 2.19. The number of rotatable bonds is 10. The maximum absolute atomic E-state index is 11.3. The Kier molecular flexibility index (Phi) is 9.38. The van der Waals surface area contributed by atoms with Crippen LogP contribution in [0.5, 0.6) is 0 Å². The zero-order chi connectivity index (χ0) is 11.5. The summed E-state index contributed by atoms with van der Waals surface area (Å²) in [5, 5.41) is 0. The fraction of sp³-hybridized carbons (Fsp3) is 0.833. The number of carbonyl (C=O) groups is 2. The first kappa shape index (κ1) is 14.3. The molecule has 0 N–H and O–H groups in total. The van der Waals surface area contributed by atoms with E-state index >= 15 is 0 Å². The summed E-state index contributed by atoms with van der Waals surface area (Å²) in [6.45, 7) is 2.32. The Labute approximate surface area is 92.2 Å². The van der Waals surface area contributed by atoms with E-state index < -0.39 is 0 Å². The van der Waals surface area contributed by atoms with Gasteiger partial charge in [-0.2, -0.15) is 0 Å². The Morgan fingerprint density at radius 2 is 1.47 bits per heavy atom. The minimum atomic E-state index is 0.211. The highest BCUT2D eigenvalue weighted by atomic mass is 16.5. The number of hydrogen-bond donors (Lipinski definition) is 0. The number of unbranched alkanes of at least 4 members (excludes halogenated alkanes) is 2. The fourth-order valence-electron chi connectivity index (χ4n) is 1.39. The summed E-state index contributed by atoms with van der Waals surface area (Å²) < 4.78 is 4.90. The summed E-state index contributed by atoms with van der Waals surface area (Å²) >= 11 is 0. The summed E-state index contributed by atoms with van der Waals surface area (Å²) in [6.07, 6.45) is 5.46. The SMILES string of the molecule is COCCCCC(=O)CCCCC(C)=O. The third-order valence-electron chi connectivity index (χ3n) is 2.29. The van der Waals surface area contributed by atoms with Gasteiger partial charge in [-0.15, -0.1) is 0 Å². The topological polar surface area (TPSA) is 43.4 Å². The van der Waals surface area contributed by atoms with Crippen molar-refractivity contribution in [2.24, 2.45) is 0 Å². The smallest absolute Gasteiger partial charge is 0.132 e. The quantitative estimate of drug-likeness (QED) is 0.525. The van der Waals surface area contributed by atoms with Crippen LogP contribution >= 0.6 is 0 Å². The second-order valence-electron chi connectivity index (χ2n) is 3.90. The van der Waals surface area contributed by atoms with E-state index in [0.29, 0.717) is 25.0 Å². The zero-order valence-corrected chi connectivity index (χ0v) is 9.88. The first-order chi connectivity index (χ1) is 7.16. The van der Waals surface area contributed by atoms with Gasteiger partial charge in [-0.25, -0.2) is 0 Å². The molecule has 88 valence electrons. The van der Waals surface area contributed by atoms with Crippen molar-refractivity contribution in [2.45, 2.75) is 51.9 Å². The van der Waals surface area contributed by atoms with Gasteiger partial charge in [-0.1, -0.05) is 0 Å². The highest BCUT2D eigenvalue weighted by Gasteiger charge is 2.02. The molecule has 3 nitrogen and oxygen atoms in total. The Balaban J connectivity index is 3.22. The van der Waals surface area contributed by atoms with Crippen molar-refractivity contribution >= 4 is 11.6 Å². The average molecular weight is 214 g/mol. The molecule has 0 spiro atoms. The predicted molar refractivity (Wildman–Crippen MR) is 59.9 cm³/mol. The Bertz CT molecular complexity index is 187. The maximum atomic E-state index is 11.3. The van der Waals surface area contributed by atoms with E-state index in [4.69, 9.17) is 4.74 Å². The van der Waals surface area contributed by atoms with Gasteiger partial charge in [-0.05, 0) is 32.6 Å². The van der Waals surface area contributed by atoms with E-state index in [9.17, 15) is 9.59 Å². The zero-order valence-electron chi connectivity index (χ0n) is 9.88. The van der Waals surface area contributed by atoms with Crippen LogP contribution in [0.2, 0.25) is 0 Å². The van der Waals surface area contributed by atoms with E-state index in [2.05, 4.69) is 0 Å². The minimum Gasteiger partial charge on any atom is -0.385 e. The lowest BCUT2D eigenvalue weighted by molar-refractivity contribution is -0.120. The van der Waals surface area contributed by atoms with Gasteiger partial charge >= 0.3 is 0 Å². The molecular formula is C12H22O3. The highest BCUT2D eigenvalue weighted by Crippen LogP contribution is 2.05. The van der Waals surface area contributed by atoms with Gasteiger partial charge in [0, 0.05) is 33.0 Å². The number of ketones is 2. The summed E-state index contributed by atoms with van der Waals surface area (Å²) in [7, 11) is 1.67. The standard InChI is InChI=1S/C12H22O3/c1-11(13)7-3-4-8-12(14)9-5-6-10-15-2/h3-10H2,1-2H3. The van der Waals surface area contributed by atoms with E-state index in [0.717, 1.165) is 32.3 Å². The fourth-order valence-corrected chi connectivity index (χ4v) is 1.39. The van der Waals surface area contributed by atoms with Gasteiger partial charge in [0.1, 0.15) is 11.6 Å². The van der Waals surface area contributed by atoms with E-state index in [-0.39, 0.29) is 5.78 Å². The normalized spacial score (nSPS) is 10.3. The van der Waals surface area contributed by atoms with Crippen molar-refractivity contribution < 1.29 is 14.3 Å². The van der Waals surface area contributed by atoms with Crippen LogP contribution in [0.4, 0.5) is 0 Å². The van der Waals surface area contributed by atoms with Gasteiger partial charge in [0.25, 0.3) is 0 Å². The van der Waals surface area contributed by atoms with Gasteiger partial charge in [0.2, 0.25) is 0 Å². The molecule has 0 rings (SSSR count). The molecule has 0 unspecified atom stereocenters. The second-order valence-corrected chi connectivity index (χ2v) is 3.90. The molecule has 0 atom stereocenters. The molecule has 0 aromatic carbocycles. The molecule has 0 aromatic heterocycles. The van der Waals surface area contributed by atoms with Gasteiger partial charge in [0.05, 0.1) is 0 Å². The summed E-state index contributed by atoms with van der Waals surface area (Å²) in [4.78, 5) is 22.0. The van der Waals surface area contributed by atoms with Crippen LogP contribution < -0.4 is 0 Å². The first-order valence-electron chi connectivity index (χ1n) is 5.67. The Hall–Kier alpha value is -0.700. The molecule has 0 heterocycles. The van der Waals surface area contributed by atoms with Crippen LogP contribution in [-0.4, -0.2) is 25.3 Å². The van der Waals surface area contributed by atoms with Crippen LogP contribution in [0.25, 0.3) is 0 Å². The highest BCUT2D eigenvalue weighted by molar-refractivity contribution is 5.78. The third-order valence-corrected chi connectivity index (χ3v) is 2.29. The number of Topliss-reactive ketones (excluding diaryl/α,β-unsaturated/α-hetero) is 2. The molecule has 0 aliphatic heterocycles. The van der Waals surface area contributed by atoms with Crippen LogP contribution in [0.1, 0.15) is 51.9 Å². The predicted octanol–water partition coefficient (Wildman–Crippen LogP) is 2.52. The largest absolute Gasteiger partial charge is 0.385 e. The molecule has 0 saturated heterocycles. The lowest BCUT2D eigenvalue weighted by atomic mass is 10.1. The molecule has 0 radical (unpaired) electrons. The minimum absolute atomic E-state index is 0.211. The van der Waals surface area contributed by atoms with E-state index in [1.807, 2.05) is 0 Å². The van der Waals surface area contributed by atoms with Crippen LogP contribution in [0.3, 0.4) is 0 Å². The molecule has 0 amide bonds. The van der Waals surface area contributed by atoms with E-state index in [1.54, 1.807) is 14.0 Å². The summed E-state index contributed by atoms with van der Waals surface area (Å²) in [5.74, 6) is 0.525. The first-order valence-corrected chi connectivity index (χ1v) is 5.67. The molecule has 15 heavy (non-hydrogen) atoms. The van der Waals surface area contributed by atoms with Crippen molar-refractivity contribution in [1.82, 2.24) is 0 Å². The molecule has 0 aliphatic rings. The molecular weight excluding hydrogens is 192 g/mol. The van der Waals surface area contributed by atoms with Crippen molar-refractivity contribution in [2.75, 3.05) is 13.7 Å². The van der Waals surface area contributed by atoms with Crippen LogP contribution in [-0.2, 0) is 14.3 Å². The summed E-state index contributed by atoms with van der Waals surface area (Å²) in [5.41, 5.74) is 0. The Morgan fingerprint density at radius 3 is 2.00 bits per heavy atom. The second kappa shape index (κ2) is 9.84. The molecule has 0 aromatic rings. The number of hydrogen-bond acceptors (Lipinski definition) is 3. The molecule has 0 bridgehead atoms. The lowest BCUT2D eigenvalue weighted by Gasteiger charge is -2.00. The monoisotopic (exact) mass is 214 g/mol. The number of ether oxygens (including phenoxy) is 1. The van der Waals surface area contributed by atoms with Gasteiger partial charge < -0.3 is 9.53 Å². The van der Waals surface area contributed by atoms with Crippen molar-refractivity contribution in [3.05, 3.63) is 0 Å². The molecule has 3 heteroatoms. The van der Waals surface area contributed by atoms with Crippen LogP contribution in [0, 0.1) is 0 Å². The van der Waals surface area contributed by atoms with E-state index in [1.165, 1.54) is 0 Å². The molecule has 0 fully saturated rings.